The van der Waals surface area contributed by atoms with E-state index in [0.29, 0.717) is 17.5 Å². The second-order valence-electron chi connectivity index (χ2n) is 4.85. The zero-order valence-electron chi connectivity index (χ0n) is 13.0. The van der Waals surface area contributed by atoms with E-state index in [-0.39, 0.29) is 5.75 Å². The highest BCUT2D eigenvalue weighted by Crippen LogP contribution is 2.26. The van der Waals surface area contributed by atoms with Crippen LogP contribution in [0.15, 0.2) is 47.6 Å². The molecule has 5 nitrogen and oxygen atoms in total. The SMILES string of the molecule is CCOc1cc(C=NNC(=S)Nc2ccc(C)cc2)ccc1O. The Morgan fingerprint density at radius 2 is 2.00 bits per heavy atom. The number of nitrogens with zero attached hydrogens (tertiary/aromatic N) is 1. The number of aromatic hydroxyl groups is 1. The molecule has 0 heterocycles. The maximum Gasteiger partial charge on any atom is 0.191 e. The Hall–Kier alpha value is -2.60. The quantitative estimate of drug-likeness (QED) is 0.446. The monoisotopic (exact) mass is 329 g/mol. The topological polar surface area (TPSA) is 65.9 Å². The van der Waals surface area contributed by atoms with Gasteiger partial charge in [0.25, 0.3) is 0 Å². The number of ether oxygens (including phenoxy) is 1. The second kappa shape index (κ2) is 8.14. The third-order valence-electron chi connectivity index (χ3n) is 2.97. The lowest BCUT2D eigenvalue weighted by molar-refractivity contribution is 0.318. The molecule has 6 heteroatoms. The molecule has 120 valence electrons. The number of nitrogens with one attached hydrogen (secondary N) is 2. The Bertz CT molecular complexity index is 699. The number of hydrazone groups is 1. The van der Waals surface area contributed by atoms with Crippen LogP contribution in [-0.2, 0) is 0 Å². The summed E-state index contributed by atoms with van der Waals surface area (Å²) >= 11 is 5.17. The lowest BCUT2D eigenvalue weighted by Crippen LogP contribution is -2.23. The number of phenols is 1. The number of phenolic OH excluding ortho intramolecular Hbond substituents is 1. The average Bonchev–Trinajstić information content (AvgIpc) is 2.53. The fourth-order valence-electron chi connectivity index (χ4n) is 1.84. The van der Waals surface area contributed by atoms with Crippen LogP contribution in [0.4, 0.5) is 5.69 Å². The van der Waals surface area contributed by atoms with Crippen molar-refractivity contribution in [2.75, 3.05) is 11.9 Å². The van der Waals surface area contributed by atoms with Gasteiger partial charge in [-0.2, -0.15) is 5.10 Å². The number of aryl methyl sites for hydroxylation is 1. The Morgan fingerprint density at radius 1 is 1.26 bits per heavy atom. The maximum atomic E-state index is 9.65. The molecule has 0 bridgehead atoms. The van der Waals surface area contributed by atoms with E-state index in [9.17, 15) is 5.11 Å². The average molecular weight is 329 g/mol. The number of hydrogen-bond donors (Lipinski definition) is 3. The lowest BCUT2D eigenvalue weighted by atomic mass is 10.2. The van der Waals surface area contributed by atoms with Crippen LogP contribution in [0.25, 0.3) is 0 Å². The second-order valence-corrected chi connectivity index (χ2v) is 5.26. The Labute approximate surface area is 141 Å². The van der Waals surface area contributed by atoms with Crippen LogP contribution in [-0.4, -0.2) is 23.0 Å². The third-order valence-corrected chi connectivity index (χ3v) is 3.17. The predicted octanol–water partition coefficient (Wildman–Crippen LogP) is 3.42. The standard InChI is InChI=1S/C17H19N3O2S/c1-3-22-16-10-13(6-9-15(16)21)11-18-20-17(23)19-14-7-4-12(2)5-8-14/h4-11,21H,3H2,1-2H3,(H2,19,20,23). The van der Waals surface area contributed by atoms with Crippen molar-refractivity contribution in [3.63, 3.8) is 0 Å². The van der Waals surface area contributed by atoms with E-state index in [4.69, 9.17) is 17.0 Å². The summed E-state index contributed by atoms with van der Waals surface area (Å²) in [5, 5.41) is 17.2. The van der Waals surface area contributed by atoms with Gasteiger partial charge in [0.2, 0.25) is 0 Å². The van der Waals surface area contributed by atoms with E-state index in [1.165, 1.54) is 5.56 Å². The molecule has 3 N–H and O–H groups in total. The van der Waals surface area contributed by atoms with E-state index >= 15 is 0 Å². The molecule has 0 aromatic heterocycles. The molecule has 0 saturated heterocycles. The molecule has 0 radical (unpaired) electrons. The highest BCUT2D eigenvalue weighted by atomic mass is 32.1. The molecule has 0 atom stereocenters. The number of hydrogen-bond acceptors (Lipinski definition) is 4. The molecule has 23 heavy (non-hydrogen) atoms. The fraction of sp³-hybridized carbons (Fsp3) is 0.176. The fourth-order valence-corrected chi connectivity index (χ4v) is 2.01. The molecule has 0 aliphatic carbocycles. The molecule has 0 amide bonds. The van der Waals surface area contributed by atoms with E-state index in [1.54, 1.807) is 24.4 Å². The minimum Gasteiger partial charge on any atom is -0.504 e. The van der Waals surface area contributed by atoms with Gasteiger partial charge in [-0.1, -0.05) is 17.7 Å². The highest BCUT2D eigenvalue weighted by Gasteiger charge is 2.02. The predicted molar refractivity (Wildman–Crippen MR) is 97.4 cm³/mol. The molecule has 2 aromatic carbocycles. The van der Waals surface area contributed by atoms with Crippen molar-refractivity contribution in [2.24, 2.45) is 5.10 Å². The number of benzene rings is 2. The Morgan fingerprint density at radius 3 is 2.70 bits per heavy atom. The van der Waals surface area contributed by atoms with Crippen LogP contribution in [0.1, 0.15) is 18.1 Å². The molecular formula is C17H19N3O2S. The van der Waals surface area contributed by atoms with Gasteiger partial charge in [0.15, 0.2) is 16.6 Å². The van der Waals surface area contributed by atoms with Crippen LogP contribution in [0.5, 0.6) is 11.5 Å². The summed E-state index contributed by atoms with van der Waals surface area (Å²) < 4.78 is 5.32. The van der Waals surface area contributed by atoms with Gasteiger partial charge in [-0.05, 0) is 62.0 Å². The van der Waals surface area contributed by atoms with Crippen molar-refractivity contribution in [2.45, 2.75) is 13.8 Å². The van der Waals surface area contributed by atoms with E-state index < -0.39 is 0 Å². The number of anilines is 1. The van der Waals surface area contributed by atoms with Crippen molar-refractivity contribution in [1.82, 2.24) is 5.43 Å². The summed E-state index contributed by atoms with van der Waals surface area (Å²) in [5.74, 6) is 0.533. The van der Waals surface area contributed by atoms with Crippen molar-refractivity contribution in [1.29, 1.82) is 0 Å². The molecule has 0 unspecified atom stereocenters. The minimum absolute atomic E-state index is 0.105. The van der Waals surface area contributed by atoms with Gasteiger partial charge >= 0.3 is 0 Å². The minimum atomic E-state index is 0.105. The molecule has 0 saturated carbocycles. The van der Waals surface area contributed by atoms with Crippen molar-refractivity contribution in [3.8, 4) is 11.5 Å². The summed E-state index contributed by atoms with van der Waals surface area (Å²) in [4.78, 5) is 0. The molecule has 0 aliphatic heterocycles. The maximum absolute atomic E-state index is 9.65. The van der Waals surface area contributed by atoms with Crippen LogP contribution >= 0.6 is 12.2 Å². The van der Waals surface area contributed by atoms with Gasteiger partial charge < -0.3 is 15.2 Å². The summed E-state index contributed by atoms with van der Waals surface area (Å²) in [7, 11) is 0. The summed E-state index contributed by atoms with van der Waals surface area (Å²) in [6, 6.07) is 12.9. The van der Waals surface area contributed by atoms with E-state index in [1.807, 2.05) is 38.1 Å². The van der Waals surface area contributed by atoms with E-state index in [0.717, 1.165) is 11.3 Å². The van der Waals surface area contributed by atoms with Crippen LogP contribution in [0, 0.1) is 6.92 Å². The first kappa shape index (κ1) is 16.8. The van der Waals surface area contributed by atoms with Crippen LogP contribution in [0.2, 0.25) is 0 Å². The van der Waals surface area contributed by atoms with Crippen molar-refractivity contribution < 1.29 is 9.84 Å². The summed E-state index contributed by atoms with van der Waals surface area (Å²) in [6.45, 7) is 4.37. The number of rotatable bonds is 5. The number of thiocarbonyl (C=S) groups is 1. The largest absolute Gasteiger partial charge is 0.504 e. The van der Waals surface area contributed by atoms with Gasteiger partial charge in [0.05, 0.1) is 12.8 Å². The van der Waals surface area contributed by atoms with Crippen LogP contribution in [0.3, 0.4) is 0 Å². The smallest absolute Gasteiger partial charge is 0.191 e. The zero-order chi connectivity index (χ0) is 16.7. The van der Waals surface area contributed by atoms with Gasteiger partial charge in [0, 0.05) is 5.69 Å². The summed E-state index contributed by atoms with van der Waals surface area (Å²) in [6.07, 6.45) is 1.60. The normalized spacial score (nSPS) is 10.5. The molecule has 0 fully saturated rings. The lowest BCUT2D eigenvalue weighted by Gasteiger charge is -2.07. The molecule has 0 spiro atoms. The Balaban J connectivity index is 1.91. The highest BCUT2D eigenvalue weighted by molar-refractivity contribution is 7.80. The van der Waals surface area contributed by atoms with Crippen molar-refractivity contribution in [3.05, 3.63) is 53.6 Å². The van der Waals surface area contributed by atoms with Gasteiger partial charge in [-0.25, -0.2) is 0 Å². The molecular weight excluding hydrogens is 310 g/mol. The first-order chi connectivity index (χ1) is 11.1. The summed E-state index contributed by atoms with van der Waals surface area (Å²) in [5.41, 5.74) is 5.62. The Kier molecular flexibility index (Phi) is 5.94. The third kappa shape index (κ3) is 5.27. The van der Waals surface area contributed by atoms with Gasteiger partial charge in [-0.3, -0.25) is 5.43 Å². The zero-order valence-corrected chi connectivity index (χ0v) is 13.9. The van der Waals surface area contributed by atoms with Crippen molar-refractivity contribution >= 4 is 29.2 Å². The molecule has 2 aromatic rings. The molecule has 0 aliphatic rings. The first-order valence-corrected chi connectivity index (χ1v) is 7.62. The van der Waals surface area contributed by atoms with Crippen LogP contribution < -0.4 is 15.5 Å². The molecule has 2 rings (SSSR count). The first-order valence-electron chi connectivity index (χ1n) is 7.21. The van der Waals surface area contributed by atoms with Gasteiger partial charge in [-0.15, -0.1) is 0 Å². The van der Waals surface area contributed by atoms with Gasteiger partial charge in [0.1, 0.15) is 0 Å². The van der Waals surface area contributed by atoms with E-state index in [2.05, 4.69) is 15.8 Å².